The van der Waals surface area contributed by atoms with E-state index in [1.54, 1.807) is 18.2 Å². The monoisotopic (exact) mass is 313 g/mol. The number of fused-ring (bicyclic) bond motifs is 1. The van der Waals surface area contributed by atoms with Gasteiger partial charge >= 0.3 is 0 Å². The SMILES string of the molecule is CC(C)(CCBr)NC(=O)c1ccc2c(c1)OCO2. The van der Waals surface area contributed by atoms with Crippen LogP contribution in [0.25, 0.3) is 0 Å². The Hall–Kier alpha value is -1.23. The van der Waals surface area contributed by atoms with Crippen molar-refractivity contribution in [2.45, 2.75) is 25.8 Å². The second kappa shape index (κ2) is 5.18. The van der Waals surface area contributed by atoms with Crippen molar-refractivity contribution in [3.8, 4) is 11.5 Å². The molecule has 0 saturated carbocycles. The maximum atomic E-state index is 12.1. The van der Waals surface area contributed by atoms with Crippen LogP contribution in [-0.4, -0.2) is 23.6 Å². The van der Waals surface area contributed by atoms with E-state index in [1.807, 2.05) is 13.8 Å². The van der Waals surface area contributed by atoms with Gasteiger partial charge in [0.25, 0.3) is 5.91 Å². The molecule has 1 amide bonds. The minimum atomic E-state index is -0.239. The van der Waals surface area contributed by atoms with Crippen molar-refractivity contribution in [3.05, 3.63) is 23.8 Å². The molecule has 0 fully saturated rings. The summed E-state index contributed by atoms with van der Waals surface area (Å²) in [6, 6.07) is 5.21. The molecule has 1 heterocycles. The number of carbonyl (C=O) groups excluding carboxylic acids is 1. The highest BCUT2D eigenvalue weighted by Crippen LogP contribution is 2.32. The lowest BCUT2D eigenvalue weighted by Gasteiger charge is -2.25. The van der Waals surface area contributed by atoms with E-state index in [0.29, 0.717) is 17.1 Å². The highest BCUT2D eigenvalue weighted by molar-refractivity contribution is 9.09. The molecule has 1 aromatic carbocycles. The van der Waals surface area contributed by atoms with Crippen LogP contribution in [0.5, 0.6) is 11.5 Å². The van der Waals surface area contributed by atoms with Crippen LogP contribution in [-0.2, 0) is 0 Å². The van der Waals surface area contributed by atoms with Crippen molar-refractivity contribution in [1.82, 2.24) is 5.32 Å². The standard InChI is InChI=1S/C13H16BrNO3/c1-13(2,5-6-14)15-12(16)9-3-4-10-11(7-9)18-8-17-10/h3-4,7H,5-6,8H2,1-2H3,(H,15,16). The van der Waals surface area contributed by atoms with Crippen LogP contribution in [0.15, 0.2) is 18.2 Å². The van der Waals surface area contributed by atoms with Gasteiger partial charge in [0.15, 0.2) is 11.5 Å². The molecule has 0 radical (unpaired) electrons. The largest absolute Gasteiger partial charge is 0.454 e. The lowest BCUT2D eigenvalue weighted by atomic mass is 10.0. The first-order valence-electron chi connectivity index (χ1n) is 5.80. The molecule has 0 aliphatic carbocycles. The molecule has 1 aliphatic heterocycles. The second-order valence-electron chi connectivity index (χ2n) is 4.85. The Kier molecular flexibility index (Phi) is 3.80. The van der Waals surface area contributed by atoms with Gasteiger partial charge in [-0.25, -0.2) is 0 Å². The van der Waals surface area contributed by atoms with Gasteiger partial charge in [0.05, 0.1) is 0 Å². The first-order chi connectivity index (χ1) is 8.52. The van der Waals surface area contributed by atoms with Gasteiger partial charge in [0.2, 0.25) is 6.79 Å². The van der Waals surface area contributed by atoms with Crippen LogP contribution in [0.2, 0.25) is 0 Å². The van der Waals surface area contributed by atoms with Gasteiger partial charge in [0.1, 0.15) is 0 Å². The molecule has 2 rings (SSSR count). The number of hydrogen-bond donors (Lipinski definition) is 1. The zero-order valence-electron chi connectivity index (χ0n) is 10.5. The molecule has 0 saturated heterocycles. The van der Waals surface area contributed by atoms with E-state index in [2.05, 4.69) is 21.2 Å². The van der Waals surface area contributed by atoms with Gasteiger partial charge in [-0.05, 0) is 38.5 Å². The van der Waals surface area contributed by atoms with Crippen LogP contribution in [0.3, 0.4) is 0 Å². The minimum Gasteiger partial charge on any atom is -0.454 e. The Morgan fingerprint density at radius 1 is 1.39 bits per heavy atom. The number of hydrogen-bond acceptors (Lipinski definition) is 3. The summed E-state index contributed by atoms with van der Waals surface area (Å²) in [5.74, 6) is 1.21. The maximum Gasteiger partial charge on any atom is 0.251 e. The Morgan fingerprint density at radius 3 is 2.83 bits per heavy atom. The van der Waals surface area contributed by atoms with Gasteiger partial charge in [-0.3, -0.25) is 4.79 Å². The summed E-state index contributed by atoms with van der Waals surface area (Å²) in [6.07, 6.45) is 0.864. The number of amides is 1. The summed E-state index contributed by atoms with van der Waals surface area (Å²) in [6.45, 7) is 4.22. The number of ether oxygens (including phenoxy) is 2. The average molecular weight is 314 g/mol. The summed E-state index contributed by atoms with van der Waals surface area (Å²) in [5, 5.41) is 3.85. The lowest BCUT2D eigenvalue weighted by molar-refractivity contribution is 0.0911. The number of nitrogens with one attached hydrogen (secondary N) is 1. The molecule has 1 aromatic rings. The molecule has 0 bridgehead atoms. The fourth-order valence-corrected chi connectivity index (χ4v) is 2.71. The van der Waals surface area contributed by atoms with Crippen LogP contribution in [0.1, 0.15) is 30.6 Å². The number of alkyl halides is 1. The van der Waals surface area contributed by atoms with E-state index in [9.17, 15) is 4.79 Å². The van der Waals surface area contributed by atoms with Crippen molar-refractivity contribution in [3.63, 3.8) is 0 Å². The topological polar surface area (TPSA) is 47.6 Å². The number of carbonyl (C=O) groups is 1. The summed E-state index contributed by atoms with van der Waals surface area (Å²) in [5.41, 5.74) is 0.346. The summed E-state index contributed by atoms with van der Waals surface area (Å²) in [7, 11) is 0. The fraction of sp³-hybridized carbons (Fsp3) is 0.462. The molecule has 18 heavy (non-hydrogen) atoms. The molecule has 1 aliphatic rings. The molecule has 98 valence electrons. The van der Waals surface area contributed by atoms with E-state index in [-0.39, 0.29) is 18.2 Å². The van der Waals surface area contributed by atoms with Crippen LogP contribution >= 0.6 is 15.9 Å². The molecule has 5 heteroatoms. The minimum absolute atomic E-state index is 0.0979. The summed E-state index contributed by atoms with van der Waals surface area (Å²) in [4.78, 5) is 12.1. The van der Waals surface area contributed by atoms with Gasteiger partial charge in [-0.2, -0.15) is 0 Å². The maximum absolute atomic E-state index is 12.1. The number of halogens is 1. The first-order valence-corrected chi connectivity index (χ1v) is 6.92. The molecule has 1 N–H and O–H groups in total. The Bertz CT molecular complexity index is 460. The lowest BCUT2D eigenvalue weighted by Crippen LogP contribution is -2.43. The van der Waals surface area contributed by atoms with E-state index in [1.165, 1.54) is 0 Å². The highest BCUT2D eigenvalue weighted by atomic mass is 79.9. The fourth-order valence-electron chi connectivity index (χ4n) is 1.72. The predicted octanol–water partition coefficient (Wildman–Crippen LogP) is 2.71. The van der Waals surface area contributed by atoms with Gasteiger partial charge < -0.3 is 14.8 Å². The summed E-state index contributed by atoms with van der Waals surface area (Å²) >= 11 is 3.38. The van der Waals surface area contributed by atoms with Crippen molar-refractivity contribution >= 4 is 21.8 Å². The van der Waals surface area contributed by atoms with Crippen LogP contribution < -0.4 is 14.8 Å². The van der Waals surface area contributed by atoms with Crippen LogP contribution in [0.4, 0.5) is 0 Å². The Morgan fingerprint density at radius 2 is 2.11 bits per heavy atom. The quantitative estimate of drug-likeness (QED) is 0.869. The van der Waals surface area contributed by atoms with Crippen LogP contribution in [0, 0.1) is 0 Å². The predicted molar refractivity (Wildman–Crippen MR) is 72.5 cm³/mol. The zero-order chi connectivity index (χ0) is 13.2. The van der Waals surface area contributed by atoms with E-state index < -0.39 is 0 Å². The second-order valence-corrected chi connectivity index (χ2v) is 5.64. The van der Waals surface area contributed by atoms with Gasteiger partial charge in [-0.15, -0.1) is 0 Å². The smallest absolute Gasteiger partial charge is 0.251 e. The highest BCUT2D eigenvalue weighted by Gasteiger charge is 2.22. The third-order valence-corrected chi connectivity index (χ3v) is 3.20. The number of benzene rings is 1. The normalized spacial score (nSPS) is 13.5. The molecular weight excluding hydrogens is 298 g/mol. The van der Waals surface area contributed by atoms with Gasteiger partial charge in [-0.1, -0.05) is 15.9 Å². The van der Waals surface area contributed by atoms with Crippen molar-refractivity contribution in [2.24, 2.45) is 0 Å². The molecule has 0 aromatic heterocycles. The zero-order valence-corrected chi connectivity index (χ0v) is 12.0. The van der Waals surface area contributed by atoms with Crippen molar-refractivity contribution in [2.75, 3.05) is 12.1 Å². The van der Waals surface area contributed by atoms with E-state index in [4.69, 9.17) is 9.47 Å². The van der Waals surface area contributed by atoms with Gasteiger partial charge in [0, 0.05) is 16.4 Å². The van der Waals surface area contributed by atoms with Crippen molar-refractivity contribution in [1.29, 1.82) is 0 Å². The third kappa shape index (κ3) is 2.96. The molecule has 0 atom stereocenters. The molecule has 0 spiro atoms. The Labute approximate surface area is 115 Å². The Balaban J connectivity index is 2.10. The third-order valence-electron chi connectivity index (χ3n) is 2.81. The van der Waals surface area contributed by atoms with Crippen molar-refractivity contribution < 1.29 is 14.3 Å². The van der Waals surface area contributed by atoms with E-state index in [0.717, 1.165) is 11.8 Å². The average Bonchev–Trinajstić information content (AvgIpc) is 2.74. The molecule has 0 unspecified atom stereocenters. The number of rotatable bonds is 4. The van der Waals surface area contributed by atoms with E-state index >= 15 is 0 Å². The summed E-state index contributed by atoms with van der Waals surface area (Å²) < 4.78 is 10.5. The molecular formula is C13H16BrNO3. The molecule has 4 nitrogen and oxygen atoms in total. The first kappa shape index (κ1) is 13.2.